The second-order valence-electron chi connectivity index (χ2n) is 6.01. The number of nitrogens with zero attached hydrogens (tertiary/aromatic N) is 3. The normalized spacial score (nSPS) is 11.7. The van der Waals surface area contributed by atoms with Crippen LogP contribution in [0.15, 0.2) is 0 Å². The van der Waals surface area contributed by atoms with E-state index in [1.807, 2.05) is 6.92 Å². The zero-order valence-corrected chi connectivity index (χ0v) is 13.7. The molecule has 2 N–H and O–H groups in total. The van der Waals surface area contributed by atoms with Crippen LogP contribution in [0.2, 0.25) is 0 Å². The summed E-state index contributed by atoms with van der Waals surface area (Å²) >= 11 is 0. The minimum atomic E-state index is 0.567. The molecule has 2 heterocycles. The van der Waals surface area contributed by atoms with Gasteiger partial charge in [-0.15, -0.1) is 0 Å². The summed E-state index contributed by atoms with van der Waals surface area (Å²) in [4.78, 5) is 8.83. The summed E-state index contributed by atoms with van der Waals surface area (Å²) in [6.45, 7) is 12.8. The number of fused-ring (bicyclic) bond motifs is 1. The van der Waals surface area contributed by atoms with E-state index in [1.165, 1.54) is 5.69 Å². The fourth-order valence-corrected chi connectivity index (χ4v) is 2.53. The Morgan fingerprint density at radius 3 is 2.52 bits per heavy atom. The number of nitrogens with two attached hydrogens (primary N) is 1. The van der Waals surface area contributed by atoms with Gasteiger partial charge in [0, 0.05) is 18.8 Å². The molecule has 2 aromatic heterocycles. The standard InChI is InChI=1S/C16H26N4O/c1-10(2)6-8-21-9-7-20-12(4)11(3)14-15(17)18-13(5)19-16(14)20/h10H,6-9H2,1-5H3,(H2,17,18,19). The summed E-state index contributed by atoms with van der Waals surface area (Å²) in [5.74, 6) is 1.95. The van der Waals surface area contributed by atoms with Crippen LogP contribution < -0.4 is 5.73 Å². The average Bonchev–Trinajstić information content (AvgIpc) is 2.62. The van der Waals surface area contributed by atoms with Crippen molar-refractivity contribution in [3.05, 3.63) is 17.1 Å². The van der Waals surface area contributed by atoms with Crippen molar-refractivity contribution in [3.8, 4) is 0 Å². The molecule has 0 aromatic carbocycles. The lowest BCUT2D eigenvalue weighted by Crippen LogP contribution is -2.10. The Balaban J connectivity index is 2.18. The van der Waals surface area contributed by atoms with Crippen LogP contribution in [0.5, 0.6) is 0 Å². The molecule has 2 aromatic rings. The molecule has 0 aliphatic rings. The summed E-state index contributed by atoms with van der Waals surface area (Å²) in [6.07, 6.45) is 1.10. The molecule has 0 spiro atoms. The first-order valence-electron chi connectivity index (χ1n) is 7.59. The molecule has 5 heteroatoms. The third-order valence-electron chi connectivity index (χ3n) is 3.91. The molecule has 0 saturated heterocycles. The molecule has 2 rings (SSSR count). The van der Waals surface area contributed by atoms with E-state index in [2.05, 4.69) is 42.2 Å². The van der Waals surface area contributed by atoms with E-state index in [-0.39, 0.29) is 0 Å². The topological polar surface area (TPSA) is 66.0 Å². The third kappa shape index (κ3) is 3.35. The fraction of sp³-hybridized carbons (Fsp3) is 0.625. The van der Waals surface area contributed by atoms with E-state index in [9.17, 15) is 0 Å². The monoisotopic (exact) mass is 290 g/mol. The van der Waals surface area contributed by atoms with Crippen molar-refractivity contribution in [3.63, 3.8) is 0 Å². The summed E-state index contributed by atoms with van der Waals surface area (Å²) in [7, 11) is 0. The van der Waals surface area contributed by atoms with Gasteiger partial charge in [0.1, 0.15) is 17.3 Å². The first-order valence-corrected chi connectivity index (χ1v) is 7.59. The molecule has 116 valence electrons. The van der Waals surface area contributed by atoms with Gasteiger partial charge in [-0.05, 0) is 38.7 Å². The van der Waals surface area contributed by atoms with Gasteiger partial charge in [-0.1, -0.05) is 13.8 Å². The molecule has 0 bridgehead atoms. The molecule has 0 radical (unpaired) electrons. The summed E-state index contributed by atoms with van der Waals surface area (Å²) in [5, 5.41) is 0.972. The lowest BCUT2D eigenvalue weighted by atomic mass is 10.1. The van der Waals surface area contributed by atoms with Crippen LogP contribution in [0, 0.1) is 26.7 Å². The smallest absolute Gasteiger partial charge is 0.146 e. The van der Waals surface area contributed by atoms with Crippen LogP contribution in [-0.4, -0.2) is 27.7 Å². The Hall–Kier alpha value is -1.62. The van der Waals surface area contributed by atoms with Gasteiger partial charge in [-0.25, -0.2) is 9.97 Å². The Morgan fingerprint density at radius 2 is 1.86 bits per heavy atom. The molecule has 21 heavy (non-hydrogen) atoms. The number of rotatable bonds is 6. The van der Waals surface area contributed by atoms with Crippen LogP contribution in [0.4, 0.5) is 5.82 Å². The molecule has 5 nitrogen and oxygen atoms in total. The van der Waals surface area contributed by atoms with E-state index in [0.717, 1.165) is 36.2 Å². The van der Waals surface area contributed by atoms with Crippen LogP contribution in [0.1, 0.15) is 37.4 Å². The minimum Gasteiger partial charge on any atom is -0.383 e. The van der Waals surface area contributed by atoms with E-state index in [4.69, 9.17) is 10.5 Å². The molecule has 0 aliphatic heterocycles. The zero-order valence-electron chi connectivity index (χ0n) is 13.7. The van der Waals surface area contributed by atoms with E-state index >= 15 is 0 Å². The van der Waals surface area contributed by atoms with Crippen molar-refractivity contribution < 1.29 is 4.74 Å². The first-order chi connectivity index (χ1) is 9.91. The number of ether oxygens (including phenoxy) is 1. The van der Waals surface area contributed by atoms with Gasteiger partial charge in [-0.2, -0.15) is 0 Å². The first kappa shape index (κ1) is 15.8. The predicted octanol–water partition coefficient (Wildman–Crippen LogP) is 3.00. The molecule has 0 aliphatic carbocycles. The second kappa shape index (κ2) is 6.43. The third-order valence-corrected chi connectivity index (χ3v) is 3.91. The second-order valence-corrected chi connectivity index (χ2v) is 6.01. The van der Waals surface area contributed by atoms with Gasteiger partial charge in [0.25, 0.3) is 0 Å². The van der Waals surface area contributed by atoms with Crippen molar-refractivity contribution in [1.29, 1.82) is 0 Å². The SMILES string of the molecule is Cc1nc(N)c2c(C)c(C)n(CCOCCC(C)C)c2n1. The average molecular weight is 290 g/mol. The van der Waals surface area contributed by atoms with Gasteiger partial charge in [0.15, 0.2) is 0 Å². The molecular weight excluding hydrogens is 264 g/mol. The minimum absolute atomic E-state index is 0.567. The predicted molar refractivity (Wildman–Crippen MR) is 86.4 cm³/mol. The molecule has 0 atom stereocenters. The number of aryl methyl sites for hydroxylation is 2. The van der Waals surface area contributed by atoms with Gasteiger partial charge in [-0.3, -0.25) is 0 Å². The highest BCUT2D eigenvalue weighted by Gasteiger charge is 2.15. The quantitative estimate of drug-likeness (QED) is 0.831. The van der Waals surface area contributed by atoms with Crippen molar-refractivity contribution in [1.82, 2.24) is 14.5 Å². The molecule has 0 saturated carbocycles. The maximum atomic E-state index is 6.05. The van der Waals surface area contributed by atoms with Gasteiger partial charge in [0.05, 0.1) is 12.0 Å². The van der Waals surface area contributed by atoms with Gasteiger partial charge >= 0.3 is 0 Å². The van der Waals surface area contributed by atoms with Crippen molar-refractivity contribution in [2.45, 2.75) is 47.6 Å². The number of hydrogen-bond donors (Lipinski definition) is 1. The summed E-state index contributed by atoms with van der Waals surface area (Å²) in [5.41, 5.74) is 9.31. The highest BCUT2D eigenvalue weighted by molar-refractivity contribution is 5.91. The van der Waals surface area contributed by atoms with Crippen molar-refractivity contribution >= 4 is 16.9 Å². The van der Waals surface area contributed by atoms with E-state index in [0.29, 0.717) is 24.2 Å². The largest absolute Gasteiger partial charge is 0.383 e. The van der Waals surface area contributed by atoms with Gasteiger partial charge < -0.3 is 15.0 Å². The highest BCUT2D eigenvalue weighted by atomic mass is 16.5. The van der Waals surface area contributed by atoms with Crippen molar-refractivity contribution in [2.75, 3.05) is 18.9 Å². The van der Waals surface area contributed by atoms with E-state index in [1.54, 1.807) is 0 Å². The molecule has 0 amide bonds. The molecule has 0 unspecified atom stereocenters. The van der Waals surface area contributed by atoms with Crippen molar-refractivity contribution in [2.24, 2.45) is 5.92 Å². The van der Waals surface area contributed by atoms with Crippen LogP contribution >= 0.6 is 0 Å². The lowest BCUT2D eigenvalue weighted by Gasteiger charge is -2.10. The van der Waals surface area contributed by atoms with E-state index < -0.39 is 0 Å². The Bertz CT molecular complexity index is 631. The Morgan fingerprint density at radius 1 is 1.14 bits per heavy atom. The zero-order chi connectivity index (χ0) is 15.6. The number of anilines is 1. The van der Waals surface area contributed by atoms with Gasteiger partial charge in [0.2, 0.25) is 0 Å². The summed E-state index contributed by atoms with van der Waals surface area (Å²) < 4.78 is 7.91. The maximum absolute atomic E-state index is 6.05. The highest BCUT2D eigenvalue weighted by Crippen LogP contribution is 2.27. The van der Waals surface area contributed by atoms with Crippen LogP contribution in [0.3, 0.4) is 0 Å². The fourth-order valence-electron chi connectivity index (χ4n) is 2.53. The molecule has 0 fully saturated rings. The number of hydrogen-bond acceptors (Lipinski definition) is 4. The lowest BCUT2D eigenvalue weighted by molar-refractivity contribution is 0.116. The van der Waals surface area contributed by atoms with Crippen LogP contribution in [0.25, 0.3) is 11.0 Å². The molecular formula is C16H26N4O. The van der Waals surface area contributed by atoms with Crippen LogP contribution in [-0.2, 0) is 11.3 Å². The number of aromatic nitrogens is 3. The summed E-state index contributed by atoms with van der Waals surface area (Å²) in [6, 6.07) is 0. The number of nitrogen functional groups attached to an aromatic ring is 1. The maximum Gasteiger partial charge on any atom is 0.146 e. The Kier molecular flexibility index (Phi) is 4.83. The Labute approximate surface area is 126 Å².